The van der Waals surface area contributed by atoms with E-state index in [2.05, 4.69) is 21.1 Å². The second-order valence-electron chi connectivity index (χ2n) is 10.9. The van der Waals surface area contributed by atoms with Crippen LogP contribution in [0.25, 0.3) is 5.52 Å². The Morgan fingerprint density at radius 1 is 1.15 bits per heavy atom. The summed E-state index contributed by atoms with van der Waals surface area (Å²) in [5, 5.41) is 15.0. The summed E-state index contributed by atoms with van der Waals surface area (Å²) in [7, 11) is 9.93. The third kappa shape index (κ3) is 6.51. The largest absolute Gasteiger partial charge is 0.463 e. The van der Waals surface area contributed by atoms with Gasteiger partial charge in [0.15, 0.2) is 18.0 Å². The summed E-state index contributed by atoms with van der Waals surface area (Å²) in [5.41, 5.74) is -1.55. The van der Waals surface area contributed by atoms with E-state index in [0.29, 0.717) is 0 Å². The van der Waals surface area contributed by atoms with Gasteiger partial charge in [-0.05, 0) is 6.07 Å². The van der Waals surface area contributed by atoms with Gasteiger partial charge in [0.25, 0.3) is 0 Å². The number of rotatable bonds is 10. The molecule has 0 amide bonds. The summed E-state index contributed by atoms with van der Waals surface area (Å²) in [6.45, 7) is 9.45. The number of fused-ring (bicyclic) bond motifs is 1. The zero-order chi connectivity index (χ0) is 30.6. The zero-order valence-electron chi connectivity index (χ0n) is 24.5. The molecule has 0 aliphatic carbocycles. The highest BCUT2D eigenvalue weighted by atomic mass is 16.7. The molecule has 0 saturated carbocycles. The first kappa shape index (κ1) is 31.5. The van der Waals surface area contributed by atoms with Gasteiger partial charge in [-0.25, -0.2) is 14.5 Å². The number of hydrogen-bond donors (Lipinski definition) is 0. The minimum Gasteiger partial charge on any atom is -0.463 e. The van der Waals surface area contributed by atoms with Crippen LogP contribution in [0.5, 0.6) is 0 Å². The Hall–Kier alpha value is -3.99. The first-order valence-electron chi connectivity index (χ1n) is 13.2. The lowest BCUT2D eigenvalue weighted by atomic mass is 9.89. The molecule has 1 aliphatic rings. The molecule has 1 saturated heterocycles. The van der Waals surface area contributed by atoms with Crippen LogP contribution in [0.3, 0.4) is 0 Å². The lowest BCUT2D eigenvalue weighted by Crippen LogP contribution is -2.47. The molecule has 14 heteroatoms. The van der Waals surface area contributed by atoms with Crippen LogP contribution in [0, 0.1) is 29.1 Å². The topological polar surface area (TPSA) is 158 Å². The molecular formula is C27H35BN6O7. The van der Waals surface area contributed by atoms with Gasteiger partial charge in [-0.1, -0.05) is 47.0 Å². The van der Waals surface area contributed by atoms with Gasteiger partial charge < -0.3 is 23.8 Å². The summed E-state index contributed by atoms with van der Waals surface area (Å²) >= 11 is 0. The van der Waals surface area contributed by atoms with E-state index < -0.39 is 59.6 Å². The third-order valence-corrected chi connectivity index (χ3v) is 6.22. The molecule has 1 aliphatic heterocycles. The molecule has 4 atom stereocenters. The molecule has 0 N–H and O–H groups in total. The Bertz CT molecular complexity index is 1370. The van der Waals surface area contributed by atoms with Gasteiger partial charge in [0.1, 0.15) is 38.5 Å². The van der Waals surface area contributed by atoms with Crippen molar-refractivity contribution in [1.82, 2.24) is 19.5 Å². The fourth-order valence-corrected chi connectivity index (χ4v) is 4.02. The van der Waals surface area contributed by atoms with Crippen molar-refractivity contribution in [2.75, 3.05) is 20.7 Å². The minimum absolute atomic E-state index is 0.0843. The summed E-state index contributed by atoms with van der Waals surface area (Å²) in [6, 6.07) is 3.57. The Morgan fingerprint density at radius 2 is 1.76 bits per heavy atom. The van der Waals surface area contributed by atoms with E-state index in [0.717, 1.165) is 0 Å². The Kier molecular flexibility index (Phi) is 9.75. The van der Waals surface area contributed by atoms with Gasteiger partial charge in [-0.2, -0.15) is 10.4 Å². The smallest absolute Gasteiger partial charge is 0.308 e. The number of esters is 3. The first-order valence-corrected chi connectivity index (χ1v) is 13.2. The van der Waals surface area contributed by atoms with Gasteiger partial charge in [0.05, 0.1) is 29.8 Å². The maximum Gasteiger partial charge on any atom is 0.308 e. The SMILES string of the molecule is [B]c1cc([C@]2(C#N)O[C@H](COC(=O)C(C)C)[C@@H](OC(=O)C(C)C)[C@H]2OC(=O)C(C)C)n2ncnc(N=CN(C)C)c12. The van der Waals surface area contributed by atoms with Crippen LogP contribution in [0.1, 0.15) is 47.2 Å². The van der Waals surface area contributed by atoms with Crippen molar-refractivity contribution in [3.63, 3.8) is 0 Å². The monoisotopic (exact) mass is 566 g/mol. The van der Waals surface area contributed by atoms with Gasteiger partial charge >= 0.3 is 17.9 Å². The number of hydrogen-bond acceptors (Lipinski definition) is 11. The van der Waals surface area contributed by atoms with E-state index in [9.17, 15) is 19.6 Å². The van der Waals surface area contributed by atoms with E-state index in [1.54, 1.807) is 60.5 Å². The highest BCUT2D eigenvalue weighted by molar-refractivity contribution is 6.37. The van der Waals surface area contributed by atoms with Crippen LogP contribution in [0.2, 0.25) is 0 Å². The Morgan fingerprint density at radius 3 is 2.32 bits per heavy atom. The number of aromatic nitrogens is 3. The van der Waals surface area contributed by atoms with Crippen LogP contribution in [-0.2, 0) is 38.9 Å². The van der Waals surface area contributed by atoms with Crippen LogP contribution in [0.15, 0.2) is 17.4 Å². The van der Waals surface area contributed by atoms with E-state index in [1.807, 2.05) is 0 Å². The summed E-state index contributed by atoms with van der Waals surface area (Å²) < 4.78 is 24.6. The molecule has 2 radical (unpaired) electrons. The summed E-state index contributed by atoms with van der Waals surface area (Å²) in [6.07, 6.45) is -1.22. The van der Waals surface area contributed by atoms with E-state index in [-0.39, 0.29) is 29.1 Å². The average molecular weight is 566 g/mol. The number of carbonyl (C=O) groups excluding carboxylic acids is 3. The Labute approximate surface area is 240 Å². The van der Waals surface area contributed by atoms with Crippen molar-refractivity contribution in [2.45, 2.75) is 65.5 Å². The van der Waals surface area contributed by atoms with Crippen molar-refractivity contribution < 1.29 is 33.3 Å². The molecule has 41 heavy (non-hydrogen) atoms. The normalized spacial score (nSPS) is 22.4. The molecule has 3 heterocycles. The molecule has 218 valence electrons. The highest BCUT2D eigenvalue weighted by Gasteiger charge is 2.63. The van der Waals surface area contributed by atoms with Crippen LogP contribution >= 0.6 is 0 Å². The number of ether oxygens (including phenoxy) is 4. The predicted octanol–water partition coefficient (Wildman–Crippen LogP) is 1.20. The summed E-state index contributed by atoms with van der Waals surface area (Å²) in [4.78, 5) is 48.3. The molecule has 0 spiro atoms. The molecule has 13 nitrogen and oxygen atoms in total. The lowest BCUT2D eigenvalue weighted by Gasteiger charge is -2.29. The maximum atomic E-state index is 12.9. The summed E-state index contributed by atoms with van der Waals surface area (Å²) in [5.74, 6) is -3.19. The molecule has 3 rings (SSSR count). The number of aliphatic imine (C=N–C) groups is 1. The Balaban J connectivity index is 2.24. The fourth-order valence-electron chi connectivity index (χ4n) is 4.02. The van der Waals surface area contributed by atoms with E-state index in [1.165, 1.54) is 23.2 Å². The van der Waals surface area contributed by atoms with Crippen molar-refractivity contribution in [1.29, 1.82) is 5.26 Å². The molecule has 0 aromatic carbocycles. The second kappa shape index (κ2) is 12.7. The van der Waals surface area contributed by atoms with Crippen LogP contribution in [0.4, 0.5) is 5.82 Å². The predicted molar refractivity (Wildman–Crippen MR) is 148 cm³/mol. The van der Waals surface area contributed by atoms with Gasteiger partial charge in [0, 0.05) is 14.1 Å². The highest BCUT2D eigenvalue weighted by Crippen LogP contribution is 2.44. The number of carbonyl (C=O) groups is 3. The number of nitrogens with zero attached hydrogens (tertiary/aromatic N) is 6. The van der Waals surface area contributed by atoms with Crippen molar-refractivity contribution in [2.24, 2.45) is 22.7 Å². The van der Waals surface area contributed by atoms with Crippen molar-refractivity contribution in [3.05, 3.63) is 18.1 Å². The molecule has 1 fully saturated rings. The van der Waals surface area contributed by atoms with Gasteiger partial charge in [-0.3, -0.25) is 14.4 Å². The molecular weight excluding hydrogens is 531 g/mol. The zero-order valence-corrected chi connectivity index (χ0v) is 24.5. The van der Waals surface area contributed by atoms with Crippen LogP contribution in [-0.4, -0.2) is 90.6 Å². The molecule has 2 aromatic rings. The lowest BCUT2D eigenvalue weighted by molar-refractivity contribution is -0.174. The van der Waals surface area contributed by atoms with E-state index in [4.69, 9.17) is 26.8 Å². The van der Waals surface area contributed by atoms with Gasteiger partial charge in [-0.15, -0.1) is 0 Å². The quantitative estimate of drug-likeness (QED) is 0.134. The molecule has 2 aromatic heterocycles. The van der Waals surface area contributed by atoms with Crippen LogP contribution < -0.4 is 5.46 Å². The third-order valence-electron chi connectivity index (χ3n) is 6.22. The molecule has 0 unspecified atom stereocenters. The van der Waals surface area contributed by atoms with Crippen molar-refractivity contribution >= 4 is 48.9 Å². The van der Waals surface area contributed by atoms with E-state index >= 15 is 0 Å². The fraction of sp³-hybridized carbons (Fsp3) is 0.593. The molecule has 0 bridgehead atoms. The maximum absolute atomic E-state index is 12.9. The average Bonchev–Trinajstić information content (AvgIpc) is 3.41. The number of nitriles is 1. The first-order chi connectivity index (χ1) is 19.2. The van der Waals surface area contributed by atoms with Gasteiger partial charge in [0.2, 0.25) is 5.60 Å². The standard InChI is InChI=1S/C27H35BN6O7/c1-14(2)24(35)38-10-18-21(39-25(36)15(3)4)22(40-26(37)16(5)6)27(11-29,41-18)19-9-17(28)20-23(31-13-33(7)8)30-12-32-34(19)20/h9,12-16,18,21-22H,10H2,1-8H3/t18-,21-,22-,27+/m1/s1. The minimum atomic E-state index is -2.08. The second-order valence-corrected chi connectivity index (χ2v) is 10.9. The van der Waals surface area contributed by atoms with Crippen molar-refractivity contribution in [3.8, 4) is 6.07 Å².